The number of benzene rings is 1. The highest BCUT2D eigenvalue weighted by Gasteiger charge is 2.28. The molecule has 2 unspecified atom stereocenters. The summed E-state index contributed by atoms with van der Waals surface area (Å²) < 4.78 is 7.49. The molecule has 1 fully saturated rings. The first-order chi connectivity index (χ1) is 9.92. The lowest BCUT2D eigenvalue weighted by molar-refractivity contribution is 0.193. The normalized spacial score (nSPS) is 25.2. The lowest BCUT2D eigenvalue weighted by atomic mass is 10.0. The van der Waals surface area contributed by atoms with Crippen LogP contribution in [0.1, 0.15) is 36.2 Å². The number of hydrogen-bond acceptors (Lipinski definition) is 4. The van der Waals surface area contributed by atoms with E-state index in [4.69, 9.17) is 9.84 Å². The minimum absolute atomic E-state index is 0.288. The van der Waals surface area contributed by atoms with Crippen molar-refractivity contribution in [1.29, 1.82) is 0 Å². The van der Waals surface area contributed by atoms with Gasteiger partial charge in [-0.1, -0.05) is 30.3 Å². The molecule has 2 aliphatic heterocycles. The van der Waals surface area contributed by atoms with Crippen molar-refractivity contribution < 1.29 is 4.74 Å². The monoisotopic (exact) mass is 270 g/mol. The van der Waals surface area contributed by atoms with Crippen molar-refractivity contribution in [1.82, 2.24) is 14.8 Å². The molecule has 3 heterocycles. The molecule has 0 saturated carbocycles. The summed E-state index contributed by atoms with van der Waals surface area (Å²) in [5, 5.41) is 8.11. The molecule has 0 bridgehead atoms. The van der Waals surface area contributed by atoms with Crippen LogP contribution in [0.4, 0.5) is 5.95 Å². The fraction of sp³-hybridized carbons (Fsp3) is 0.467. The zero-order chi connectivity index (χ0) is 13.4. The second-order valence-corrected chi connectivity index (χ2v) is 5.44. The predicted octanol–water partition coefficient (Wildman–Crippen LogP) is 2.19. The van der Waals surface area contributed by atoms with E-state index in [-0.39, 0.29) is 6.04 Å². The van der Waals surface area contributed by atoms with E-state index in [9.17, 15) is 0 Å². The summed E-state index contributed by atoms with van der Waals surface area (Å²) in [6.45, 7) is 2.52. The van der Waals surface area contributed by atoms with Crippen molar-refractivity contribution in [3.63, 3.8) is 0 Å². The van der Waals surface area contributed by atoms with Crippen LogP contribution in [0.5, 0.6) is 0 Å². The molecule has 0 radical (unpaired) electrons. The Morgan fingerprint density at radius 3 is 2.90 bits per heavy atom. The first kappa shape index (κ1) is 11.9. The van der Waals surface area contributed by atoms with E-state index >= 15 is 0 Å². The fourth-order valence-corrected chi connectivity index (χ4v) is 3.01. The topological polar surface area (TPSA) is 52.0 Å². The Morgan fingerprint density at radius 1 is 1.20 bits per heavy atom. The third-order valence-electron chi connectivity index (χ3n) is 4.12. The third kappa shape index (κ3) is 1.98. The second-order valence-electron chi connectivity index (χ2n) is 5.44. The van der Waals surface area contributed by atoms with Gasteiger partial charge in [0.1, 0.15) is 0 Å². The molecule has 1 N–H and O–H groups in total. The van der Waals surface area contributed by atoms with Crippen molar-refractivity contribution in [2.45, 2.75) is 24.8 Å². The van der Waals surface area contributed by atoms with E-state index in [2.05, 4.69) is 34.6 Å². The molecule has 2 aromatic rings. The van der Waals surface area contributed by atoms with E-state index < -0.39 is 0 Å². The van der Waals surface area contributed by atoms with Gasteiger partial charge in [-0.05, 0) is 18.4 Å². The molecule has 104 valence electrons. The molecule has 0 aliphatic carbocycles. The number of aromatic nitrogens is 3. The molecule has 0 spiro atoms. The maximum Gasteiger partial charge on any atom is 0.221 e. The van der Waals surface area contributed by atoms with Gasteiger partial charge in [-0.15, -0.1) is 0 Å². The summed E-state index contributed by atoms with van der Waals surface area (Å²) in [7, 11) is 0. The van der Waals surface area contributed by atoms with Gasteiger partial charge in [0.25, 0.3) is 0 Å². The predicted molar refractivity (Wildman–Crippen MR) is 75.9 cm³/mol. The number of ether oxygens (including phenoxy) is 1. The minimum Gasteiger partial charge on any atom is -0.381 e. The van der Waals surface area contributed by atoms with Crippen LogP contribution in [-0.4, -0.2) is 34.5 Å². The number of anilines is 1. The Kier molecular flexibility index (Phi) is 2.92. The molecule has 5 heteroatoms. The van der Waals surface area contributed by atoms with E-state index in [1.54, 1.807) is 0 Å². The number of nitrogens with one attached hydrogen (secondary N) is 1. The molecule has 20 heavy (non-hydrogen) atoms. The van der Waals surface area contributed by atoms with Crippen molar-refractivity contribution in [3.05, 3.63) is 41.7 Å². The fourth-order valence-electron chi connectivity index (χ4n) is 3.01. The van der Waals surface area contributed by atoms with Crippen molar-refractivity contribution >= 4 is 5.95 Å². The first-order valence-electron chi connectivity index (χ1n) is 7.25. The van der Waals surface area contributed by atoms with Gasteiger partial charge in [-0.25, -0.2) is 4.68 Å². The minimum atomic E-state index is 0.288. The van der Waals surface area contributed by atoms with Gasteiger partial charge in [-0.2, -0.15) is 10.1 Å². The van der Waals surface area contributed by atoms with Crippen LogP contribution < -0.4 is 5.32 Å². The van der Waals surface area contributed by atoms with E-state index in [1.165, 1.54) is 5.56 Å². The maximum atomic E-state index is 5.45. The van der Waals surface area contributed by atoms with Gasteiger partial charge in [-0.3, -0.25) is 0 Å². The highest BCUT2D eigenvalue weighted by atomic mass is 16.5. The molecule has 2 atom stereocenters. The molecule has 1 aromatic heterocycles. The Balaban J connectivity index is 1.70. The van der Waals surface area contributed by atoms with Gasteiger partial charge in [0, 0.05) is 19.1 Å². The molecule has 1 saturated heterocycles. The zero-order valence-electron chi connectivity index (χ0n) is 11.3. The molecular formula is C15H18N4O. The average molecular weight is 270 g/mol. The first-order valence-corrected chi connectivity index (χ1v) is 7.25. The van der Waals surface area contributed by atoms with Crippen molar-refractivity contribution in [2.75, 3.05) is 25.1 Å². The van der Waals surface area contributed by atoms with E-state index in [0.717, 1.165) is 44.4 Å². The van der Waals surface area contributed by atoms with Crippen LogP contribution in [-0.2, 0) is 4.74 Å². The molecular weight excluding hydrogens is 252 g/mol. The van der Waals surface area contributed by atoms with Crippen LogP contribution in [0.2, 0.25) is 0 Å². The lowest BCUT2D eigenvalue weighted by Gasteiger charge is -2.24. The average Bonchev–Trinajstić information content (AvgIpc) is 3.16. The Labute approximate surface area is 118 Å². The Hall–Kier alpha value is -1.88. The number of nitrogens with zero attached hydrogens (tertiary/aromatic N) is 3. The van der Waals surface area contributed by atoms with E-state index in [0.29, 0.717) is 5.92 Å². The highest BCUT2D eigenvalue weighted by molar-refractivity contribution is 5.33. The van der Waals surface area contributed by atoms with E-state index in [1.807, 2.05) is 10.7 Å². The summed E-state index contributed by atoms with van der Waals surface area (Å²) >= 11 is 0. The van der Waals surface area contributed by atoms with Crippen LogP contribution in [0, 0.1) is 0 Å². The zero-order valence-corrected chi connectivity index (χ0v) is 11.3. The van der Waals surface area contributed by atoms with Gasteiger partial charge in [0.05, 0.1) is 12.6 Å². The molecule has 2 aliphatic rings. The number of hydrogen-bond donors (Lipinski definition) is 1. The van der Waals surface area contributed by atoms with Gasteiger partial charge in [0.2, 0.25) is 5.95 Å². The van der Waals surface area contributed by atoms with Gasteiger partial charge in [0.15, 0.2) is 5.82 Å². The Bertz CT molecular complexity index is 589. The number of rotatable bonds is 2. The van der Waals surface area contributed by atoms with Crippen LogP contribution in [0.25, 0.3) is 0 Å². The summed E-state index contributed by atoms with van der Waals surface area (Å²) in [6.07, 6.45) is 2.07. The van der Waals surface area contributed by atoms with Crippen molar-refractivity contribution in [2.24, 2.45) is 0 Å². The summed E-state index contributed by atoms with van der Waals surface area (Å²) in [5.41, 5.74) is 1.30. The third-order valence-corrected chi connectivity index (χ3v) is 4.12. The number of fused-ring (bicyclic) bond motifs is 1. The largest absolute Gasteiger partial charge is 0.381 e. The van der Waals surface area contributed by atoms with Crippen LogP contribution in [0.15, 0.2) is 30.3 Å². The molecule has 0 amide bonds. The van der Waals surface area contributed by atoms with Crippen LogP contribution >= 0.6 is 0 Å². The molecule has 1 aromatic carbocycles. The van der Waals surface area contributed by atoms with Gasteiger partial charge >= 0.3 is 0 Å². The molecule has 4 rings (SSSR count). The molecule has 5 nitrogen and oxygen atoms in total. The van der Waals surface area contributed by atoms with Gasteiger partial charge < -0.3 is 10.1 Å². The summed E-state index contributed by atoms with van der Waals surface area (Å²) in [4.78, 5) is 4.67. The summed E-state index contributed by atoms with van der Waals surface area (Å²) in [6, 6.07) is 10.8. The lowest BCUT2D eigenvalue weighted by Crippen LogP contribution is -2.24. The quantitative estimate of drug-likeness (QED) is 0.909. The second kappa shape index (κ2) is 4.90. The summed E-state index contributed by atoms with van der Waals surface area (Å²) in [5.74, 6) is 2.17. The highest BCUT2D eigenvalue weighted by Crippen LogP contribution is 2.31. The maximum absolute atomic E-state index is 5.45. The Morgan fingerprint density at radius 2 is 2.10 bits per heavy atom. The van der Waals surface area contributed by atoms with Crippen LogP contribution in [0.3, 0.4) is 0 Å². The SMILES string of the molecule is c1ccc(C2CCNc3nc(C4CCOC4)nn32)cc1. The standard InChI is InChI=1S/C15H18N4O/c1-2-4-11(5-3-1)13-6-8-16-15-17-14(18-19(13)15)12-7-9-20-10-12/h1-5,12-13H,6-10H2,(H,16,17,18). The smallest absolute Gasteiger partial charge is 0.221 e. The van der Waals surface area contributed by atoms with Crippen molar-refractivity contribution in [3.8, 4) is 0 Å².